The number of nitrogens with one attached hydrogen (secondary N) is 1. The molecule has 0 unspecified atom stereocenters. The number of hydrogen-bond donors (Lipinski definition) is 2. The minimum absolute atomic E-state index is 0.266. The van der Waals surface area contributed by atoms with Crippen LogP contribution in [0.1, 0.15) is 12.5 Å². The van der Waals surface area contributed by atoms with Crippen molar-refractivity contribution in [3.8, 4) is 16.9 Å². The maximum Gasteiger partial charge on any atom is 0.123 e. The highest BCUT2D eigenvalue weighted by atomic mass is 16.3. The summed E-state index contributed by atoms with van der Waals surface area (Å²) in [6.07, 6.45) is 0.933. The molecule has 0 fully saturated rings. The number of fused-ring (bicyclic) bond motifs is 1. The predicted octanol–water partition coefficient (Wildman–Crippen LogP) is 2.89. The Kier molecular flexibility index (Phi) is 2.48. The largest absolute Gasteiger partial charge is 0.507 e. The first kappa shape index (κ1) is 10.8. The Labute approximate surface area is 104 Å². The Morgan fingerprint density at radius 2 is 2.00 bits per heavy atom. The van der Waals surface area contributed by atoms with E-state index in [1.54, 1.807) is 6.07 Å². The molecule has 4 heteroatoms. The van der Waals surface area contributed by atoms with E-state index in [1.165, 1.54) is 5.56 Å². The van der Waals surface area contributed by atoms with Crippen molar-refractivity contribution in [1.82, 2.24) is 15.4 Å². The molecule has 0 aliphatic rings. The lowest BCUT2D eigenvalue weighted by Crippen LogP contribution is -1.86. The molecule has 0 atom stereocenters. The zero-order valence-corrected chi connectivity index (χ0v) is 10.0. The highest BCUT2D eigenvalue weighted by molar-refractivity contribution is 5.92. The van der Waals surface area contributed by atoms with Gasteiger partial charge in [-0.1, -0.05) is 25.1 Å². The molecule has 3 rings (SSSR count). The lowest BCUT2D eigenvalue weighted by Gasteiger charge is -2.07. The van der Waals surface area contributed by atoms with Crippen LogP contribution >= 0.6 is 0 Å². The van der Waals surface area contributed by atoms with Crippen molar-refractivity contribution >= 4 is 11.0 Å². The van der Waals surface area contributed by atoms with Gasteiger partial charge in [-0.05, 0) is 30.2 Å². The number of nitrogens with zero attached hydrogens (tertiary/aromatic N) is 2. The second-order valence-electron chi connectivity index (χ2n) is 4.20. The van der Waals surface area contributed by atoms with E-state index in [9.17, 15) is 5.11 Å². The van der Waals surface area contributed by atoms with Gasteiger partial charge in [0.05, 0.1) is 0 Å². The van der Waals surface area contributed by atoms with Gasteiger partial charge in [-0.15, -0.1) is 0 Å². The third-order valence-electron chi connectivity index (χ3n) is 3.11. The van der Waals surface area contributed by atoms with Gasteiger partial charge in [0.2, 0.25) is 0 Å². The molecule has 3 aromatic rings. The third kappa shape index (κ3) is 1.62. The predicted molar refractivity (Wildman–Crippen MR) is 70.4 cm³/mol. The molecule has 0 radical (unpaired) electrons. The number of rotatable bonds is 2. The van der Waals surface area contributed by atoms with Crippen molar-refractivity contribution in [3.63, 3.8) is 0 Å². The minimum atomic E-state index is 0.266. The molecule has 1 aromatic heterocycles. The Balaban J connectivity index is 2.28. The van der Waals surface area contributed by atoms with Crippen LogP contribution in [0.25, 0.3) is 22.2 Å². The van der Waals surface area contributed by atoms with Crippen molar-refractivity contribution < 1.29 is 5.11 Å². The molecule has 0 spiro atoms. The van der Waals surface area contributed by atoms with E-state index in [1.807, 2.05) is 30.3 Å². The van der Waals surface area contributed by atoms with Crippen LogP contribution in [0.5, 0.6) is 5.75 Å². The van der Waals surface area contributed by atoms with Gasteiger partial charge in [-0.2, -0.15) is 15.4 Å². The van der Waals surface area contributed by atoms with E-state index in [2.05, 4.69) is 22.3 Å². The van der Waals surface area contributed by atoms with Gasteiger partial charge in [0, 0.05) is 11.1 Å². The quantitative estimate of drug-likeness (QED) is 0.722. The van der Waals surface area contributed by atoms with Crippen molar-refractivity contribution in [2.24, 2.45) is 0 Å². The number of hydrogen-bond acceptors (Lipinski definition) is 3. The summed E-state index contributed by atoms with van der Waals surface area (Å²) in [7, 11) is 0. The fraction of sp³-hybridized carbons (Fsp3) is 0.143. The van der Waals surface area contributed by atoms with Gasteiger partial charge in [0.25, 0.3) is 0 Å². The van der Waals surface area contributed by atoms with E-state index < -0.39 is 0 Å². The third-order valence-corrected chi connectivity index (χ3v) is 3.11. The van der Waals surface area contributed by atoms with E-state index in [-0.39, 0.29) is 5.75 Å². The maximum atomic E-state index is 10.0. The second kappa shape index (κ2) is 4.14. The van der Waals surface area contributed by atoms with Crippen molar-refractivity contribution in [2.45, 2.75) is 13.3 Å². The van der Waals surface area contributed by atoms with E-state index >= 15 is 0 Å². The highest BCUT2D eigenvalue weighted by Crippen LogP contribution is 2.33. The maximum absolute atomic E-state index is 10.0. The van der Waals surface area contributed by atoms with Gasteiger partial charge >= 0.3 is 0 Å². The van der Waals surface area contributed by atoms with Crippen LogP contribution in [0.15, 0.2) is 36.4 Å². The summed E-state index contributed by atoms with van der Waals surface area (Å²) in [4.78, 5) is 0. The molecule has 1 heterocycles. The summed E-state index contributed by atoms with van der Waals surface area (Å²) in [5, 5.41) is 20.8. The summed E-state index contributed by atoms with van der Waals surface area (Å²) in [6.45, 7) is 2.09. The molecular formula is C14H13N3O. The minimum Gasteiger partial charge on any atom is -0.507 e. The molecule has 2 aromatic carbocycles. The summed E-state index contributed by atoms with van der Waals surface area (Å²) in [5.74, 6) is 0.266. The van der Waals surface area contributed by atoms with Gasteiger partial charge in [-0.25, -0.2) is 0 Å². The fourth-order valence-corrected chi connectivity index (χ4v) is 2.10. The number of phenolic OH excluding ortho intramolecular Hbond substituents is 1. The molecule has 0 bridgehead atoms. The zero-order valence-electron chi connectivity index (χ0n) is 10.0. The van der Waals surface area contributed by atoms with Crippen LogP contribution in [0, 0.1) is 0 Å². The first-order valence-corrected chi connectivity index (χ1v) is 5.91. The van der Waals surface area contributed by atoms with Gasteiger partial charge < -0.3 is 5.11 Å². The summed E-state index contributed by atoms with van der Waals surface area (Å²) in [5.41, 5.74) is 4.46. The number of benzene rings is 2. The van der Waals surface area contributed by atoms with Crippen LogP contribution in [-0.4, -0.2) is 20.5 Å². The lowest BCUT2D eigenvalue weighted by molar-refractivity contribution is 0.477. The number of phenols is 1. The van der Waals surface area contributed by atoms with E-state index in [0.29, 0.717) is 0 Å². The molecule has 0 saturated carbocycles. The van der Waals surface area contributed by atoms with Gasteiger partial charge in [-0.3, -0.25) is 0 Å². The molecule has 0 aliphatic heterocycles. The Morgan fingerprint density at radius 1 is 1.11 bits per heavy atom. The average Bonchev–Trinajstić information content (AvgIpc) is 2.87. The van der Waals surface area contributed by atoms with E-state index in [0.717, 1.165) is 28.6 Å². The average molecular weight is 239 g/mol. The number of H-pyrrole nitrogens is 1. The first-order chi connectivity index (χ1) is 8.79. The lowest BCUT2D eigenvalue weighted by atomic mass is 10.00. The molecule has 18 heavy (non-hydrogen) atoms. The van der Waals surface area contributed by atoms with Crippen molar-refractivity contribution in [2.75, 3.05) is 0 Å². The van der Waals surface area contributed by atoms with Gasteiger partial charge in [0.15, 0.2) is 0 Å². The Morgan fingerprint density at radius 3 is 2.83 bits per heavy atom. The van der Waals surface area contributed by atoms with Crippen LogP contribution in [0.4, 0.5) is 0 Å². The number of aromatic nitrogens is 3. The summed E-state index contributed by atoms with van der Waals surface area (Å²) in [6, 6.07) is 11.4. The van der Waals surface area contributed by atoms with Crippen LogP contribution in [-0.2, 0) is 6.42 Å². The van der Waals surface area contributed by atoms with Gasteiger partial charge in [0.1, 0.15) is 16.8 Å². The summed E-state index contributed by atoms with van der Waals surface area (Å²) < 4.78 is 0. The van der Waals surface area contributed by atoms with Crippen molar-refractivity contribution in [1.29, 1.82) is 0 Å². The monoisotopic (exact) mass is 239 g/mol. The first-order valence-electron chi connectivity index (χ1n) is 5.91. The second-order valence-corrected chi connectivity index (χ2v) is 4.20. The zero-order chi connectivity index (χ0) is 12.5. The topological polar surface area (TPSA) is 61.8 Å². The molecule has 90 valence electrons. The molecule has 0 aliphatic carbocycles. The number of aromatic amines is 1. The van der Waals surface area contributed by atoms with E-state index in [4.69, 9.17) is 0 Å². The highest BCUT2D eigenvalue weighted by Gasteiger charge is 2.11. The SMILES string of the molecule is CCc1ccc(O)c(-c2cccc3n[nH]nc23)c1. The Bertz CT molecular complexity index is 703. The standard InChI is InChI=1S/C14H13N3O/c1-2-9-6-7-13(18)11(8-9)10-4-3-5-12-14(10)16-17-15-12/h3-8,18H,2H2,1H3,(H,15,16,17). The smallest absolute Gasteiger partial charge is 0.123 e. The van der Waals surface area contributed by atoms with Crippen LogP contribution in [0.3, 0.4) is 0 Å². The fourth-order valence-electron chi connectivity index (χ4n) is 2.10. The molecule has 0 saturated heterocycles. The molecular weight excluding hydrogens is 226 g/mol. The number of aromatic hydroxyl groups is 1. The molecule has 2 N–H and O–H groups in total. The number of para-hydroxylation sites is 1. The van der Waals surface area contributed by atoms with Crippen molar-refractivity contribution in [3.05, 3.63) is 42.0 Å². The number of aryl methyl sites for hydroxylation is 1. The molecule has 0 amide bonds. The Hall–Kier alpha value is -2.36. The van der Waals surface area contributed by atoms with Crippen LogP contribution in [0.2, 0.25) is 0 Å². The summed E-state index contributed by atoms with van der Waals surface area (Å²) >= 11 is 0. The van der Waals surface area contributed by atoms with Crippen LogP contribution < -0.4 is 0 Å². The molecule has 4 nitrogen and oxygen atoms in total. The normalized spacial score (nSPS) is 10.9.